The summed E-state index contributed by atoms with van der Waals surface area (Å²) in [5.74, 6) is 0.0429. The van der Waals surface area contributed by atoms with Gasteiger partial charge >= 0.3 is 5.97 Å². The van der Waals surface area contributed by atoms with Gasteiger partial charge < -0.3 is 25.5 Å². The lowest BCUT2D eigenvalue weighted by molar-refractivity contribution is -0.137. The van der Waals surface area contributed by atoms with Gasteiger partial charge in [-0.1, -0.05) is 28.1 Å². The van der Waals surface area contributed by atoms with E-state index in [0.717, 1.165) is 15.4 Å². The van der Waals surface area contributed by atoms with E-state index in [1.807, 2.05) is 30.3 Å². The number of hydrogen-bond acceptors (Lipinski definition) is 5. The number of fused-ring (bicyclic) bond motifs is 1. The number of halogens is 3. The smallest absolute Gasteiger partial charge is 0.303 e. The number of aliphatic carboxylic acids is 1. The largest absolute Gasteiger partial charge is 0.481 e. The van der Waals surface area contributed by atoms with E-state index in [4.69, 9.17) is 15.6 Å². The van der Waals surface area contributed by atoms with E-state index in [1.54, 1.807) is 24.2 Å². The van der Waals surface area contributed by atoms with Crippen LogP contribution >= 0.6 is 27.7 Å². The zero-order chi connectivity index (χ0) is 28.9. The zero-order valence-electron chi connectivity index (χ0n) is 21.8. The number of carboxylic acids is 1. The molecule has 0 aliphatic rings. The first-order valence-electron chi connectivity index (χ1n) is 12.9. The van der Waals surface area contributed by atoms with Crippen LogP contribution in [0.1, 0.15) is 35.7 Å². The van der Waals surface area contributed by atoms with Gasteiger partial charge in [0.25, 0.3) is 0 Å². The van der Waals surface area contributed by atoms with Crippen LogP contribution in [0.5, 0.6) is 11.5 Å². The average molecular weight is 642 g/mol. The topological polar surface area (TPSA) is 117 Å². The van der Waals surface area contributed by atoms with Crippen molar-refractivity contribution in [2.24, 2.45) is 5.73 Å². The quantitative estimate of drug-likeness (QED) is 0.104. The highest BCUT2D eigenvalue weighted by atomic mass is 79.9. The fraction of sp³-hybridized carbons (Fsp3) is 0.200. The van der Waals surface area contributed by atoms with Crippen LogP contribution in [0.4, 0.5) is 8.78 Å². The maximum Gasteiger partial charge on any atom is 0.303 e. The first kappa shape index (κ1) is 28.8. The number of imidazole rings is 1. The van der Waals surface area contributed by atoms with E-state index in [2.05, 4.69) is 30.9 Å². The number of carbonyl (C=O) groups is 1. The molecule has 2 heterocycles. The maximum absolute atomic E-state index is 15.3. The van der Waals surface area contributed by atoms with Crippen molar-refractivity contribution in [2.75, 3.05) is 11.5 Å². The predicted octanol–water partition coefficient (Wildman–Crippen LogP) is 7.58. The molecule has 5 aromatic rings. The van der Waals surface area contributed by atoms with Gasteiger partial charge in [-0.05, 0) is 66.3 Å². The number of H-pyrrole nitrogens is 2. The number of ether oxygens (including phenoxy) is 1. The molecule has 7 nitrogen and oxygen atoms in total. The first-order chi connectivity index (χ1) is 19.8. The summed E-state index contributed by atoms with van der Waals surface area (Å²) in [6, 6.07) is 14.5. The molecule has 0 bridgehead atoms. The highest BCUT2D eigenvalue weighted by Crippen LogP contribution is 2.37. The molecule has 0 aliphatic heterocycles. The number of nitrogens with zero attached hydrogens (tertiary/aromatic N) is 1. The summed E-state index contributed by atoms with van der Waals surface area (Å²) >= 11 is 5.05. The molecule has 1 atom stereocenters. The standard InChI is InChI=1S/C30H27BrF2N4O3S/c31-18-4-1-3-17(13-18)28(34)26-16-36-30(37-26)22-14-19(6-7-23(22)32)40-29-21(9-12-41-11-2-5-27(38)39)20-8-10-35-25(20)15-24(29)33/h1,3-4,6-8,10,13-16,28,35H,2,5,9,11-12,34H2,(H,36,37)(H,38,39). The van der Waals surface area contributed by atoms with Crippen molar-refractivity contribution < 1.29 is 23.4 Å². The Balaban J connectivity index is 1.38. The normalized spacial score (nSPS) is 12.1. The van der Waals surface area contributed by atoms with Gasteiger partial charge in [0, 0.05) is 39.6 Å². The van der Waals surface area contributed by atoms with Gasteiger partial charge in [-0.2, -0.15) is 11.8 Å². The zero-order valence-corrected chi connectivity index (χ0v) is 24.2. The third-order valence-electron chi connectivity index (χ3n) is 6.59. The van der Waals surface area contributed by atoms with E-state index in [9.17, 15) is 9.18 Å². The molecule has 0 fully saturated rings. The molecular formula is C30H27BrF2N4O3S. The van der Waals surface area contributed by atoms with Crippen LogP contribution in [0.25, 0.3) is 22.3 Å². The molecule has 0 amide bonds. The highest BCUT2D eigenvalue weighted by molar-refractivity contribution is 9.10. The van der Waals surface area contributed by atoms with Gasteiger partial charge in [-0.25, -0.2) is 13.8 Å². The molecule has 1 unspecified atom stereocenters. The first-order valence-corrected chi connectivity index (χ1v) is 14.9. The molecule has 5 rings (SSSR count). The van der Waals surface area contributed by atoms with Crippen LogP contribution in [-0.4, -0.2) is 37.5 Å². The molecular weight excluding hydrogens is 614 g/mol. The van der Waals surface area contributed by atoms with Gasteiger partial charge in [0.2, 0.25) is 0 Å². The molecule has 2 aromatic heterocycles. The Morgan fingerprint density at radius 2 is 1.98 bits per heavy atom. The molecule has 0 spiro atoms. The Kier molecular flexibility index (Phi) is 9.06. The Bertz CT molecular complexity index is 1690. The summed E-state index contributed by atoms with van der Waals surface area (Å²) in [7, 11) is 0. The van der Waals surface area contributed by atoms with Crippen molar-refractivity contribution in [2.45, 2.75) is 25.3 Å². The van der Waals surface area contributed by atoms with Crippen molar-refractivity contribution in [3.8, 4) is 22.9 Å². The molecule has 212 valence electrons. The number of carboxylic acid groups (broad SMARTS) is 1. The minimum Gasteiger partial charge on any atom is -0.481 e. The highest BCUT2D eigenvalue weighted by Gasteiger charge is 2.19. The van der Waals surface area contributed by atoms with Crippen molar-refractivity contribution in [3.05, 3.63) is 99.9 Å². The maximum atomic E-state index is 15.3. The van der Waals surface area contributed by atoms with E-state index >= 15 is 4.39 Å². The lowest BCUT2D eigenvalue weighted by Gasteiger charge is -2.15. The second-order valence-electron chi connectivity index (χ2n) is 9.43. The summed E-state index contributed by atoms with van der Waals surface area (Å²) in [5, 5.41) is 9.66. The number of aryl methyl sites for hydroxylation is 1. The van der Waals surface area contributed by atoms with Gasteiger partial charge in [0.05, 0.1) is 23.5 Å². The van der Waals surface area contributed by atoms with Crippen LogP contribution in [0.2, 0.25) is 0 Å². The SMILES string of the molecule is NC(c1cccc(Br)c1)c1cnc(-c2cc(Oc3c(F)cc4[nH]ccc4c3CCSCCCC(=O)O)ccc2F)[nH]1. The Hall–Kier alpha value is -3.67. The van der Waals surface area contributed by atoms with Gasteiger partial charge in [-0.3, -0.25) is 4.79 Å². The number of aromatic amines is 2. The molecule has 5 N–H and O–H groups in total. The summed E-state index contributed by atoms with van der Waals surface area (Å²) < 4.78 is 37.2. The van der Waals surface area contributed by atoms with E-state index in [1.165, 1.54) is 24.3 Å². The van der Waals surface area contributed by atoms with Gasteiger partial charge in [0.1, 0.15) is 17.4 Å². The molecule has 3 aromatic carbocycles. The van der Waals surface area contributed by atoms with Crippen molar-refractivity contribution >= 4 is 44.6 Å². The van der Waals surface area contributed by atoms with Crippen molar-refractivity contribution in [3.63, 3.8) is 0 Å². The molecule has 41 heavy (non-hydrogen) atoms. The minimum atomic E-state index is -0.822. The van der Waals surface area contributed by atoms with Crippen molar-refractivity contribution in [1.29, 1.82) is 0 Å². The third-order valence-corrected chi connectivity index (χ3v) is 8.16. The lowest BCUT2D eigenvalue weighted by Crippen LogP contribution is -2.12. The number of thioether (sulfide) groups is 1. The molecule has 0 saturated carbocycles. The van der Waals surface area contributed by atoms with E-state index in [0.29, 0.717) is 41.1 Å². The number of rotatable bonds is 12. The van der Waals surface area contributed by atoms with Crippen LogP contribution in [0, 0.1) is 11.6 Å². The van der Waals surface area contributed by atoms with Crippen LogP contribution in [-0.2, 0) is 11.2 Å². The lowest BCUT2D eigenvalue weighted by atomic mass is 10.1. The van der Waals surface area contributed by atoms with Gasteiger partial charge in [0.15, 0.2) is 11.6 Å². The molecule has 0 aliphatic carbocycles. The summed E-state index contributed by atoms with van der Waals surface area (Å²) in [6.07, 6.45) is 4.48. The Morgan fingerprint density at radius 3 is 2.78 bits per heavy atom. The molecule has 0 saturated heterocycles. The van der Waals surface area contributed by atoms with Gasteiger partial charge in [-0.15, -0.1) is 0 Å². The second-order valence-corrected chi connectivity index (χ2v) is 11.6. The fourth-order valence-electron chi connectivity index (χ4n) is 4.56. The second kappa shape index (κ2) is 12.9. The predicted molar refractivity (Wildman–Crippen MR) is 160 cm³/mol. The summed E-state index contributed by atoms with van der Waals surface area (Å²) in [6.45, 7) is 0. The molecule has 0 radical (unpaired) electrons. The third kappa shape index (κ3) is 6.80. The number of hydrogen-bond donors (Lipinski definition) is 4. The van der Waals surface area contributed by atoms with Crippen molar-refractivity contribution in [1.82, 2.24) is 15.0 Å². The van der Waals surface area contributed by atoms with E-state index < -0.39 is 23.6 Å². The van der Waals surface area contributed by atoms with Crippen LogP contribution in [0.15, 0.2) is 71.5 Å². The minimum absolute atomic E-state index is 0.0672. The monoisotopic (exact) mass is 640 g/mol. The summed E-state index contributed by atoms with van der Waals surface area (Å²) in [5.41, 5.74) is 9.36. The van der Waals surface area contributed by atoms with Crippen LogP contribution < -0.4 is 10.5 Å². The molecule has 11 heteroatoms. The summed E-state index contributed by atoms with van der Waals surface area (Å²) in [4.78, 5) is 21.3. The van der Waals surface area contributed by atoms with E-state index in [-0.39, 0.29) is 29.3 Å². The number of aromatic nitrogens is 3. The average Bonchev–Trinajstić information content (AvgIpc) is 3.62. The Morgan fingerprint density at radius 1 is 1.12 bits per heavy atom. The fourth-order valence-corrected chi connectivity index (χ4v) is 5.88. The number of nitrogens with two attached hydrogens (primary N) is 1. The van der Waals surface area contributed by atoms with Crippen LogP contribution in [0.3, 0.4) is 0 Å². The number of benzene rings is 3. The Labute approximate surface area is 247 Å². The number of nitrogens with one attached hydrogen (secondary N) is 2.